The second-order valence-corrected chi connectivity index (χ2v) is 26.8. The number of hydrogen-bond donors (Lipinski definition) is 4. The molecule has 2 aromatic heterocycles. The lowest BCUT2D eigenvalue weighted by molar-refractivity contribution is -0.142. The molecule has 2 aliphatic rings. The van der Waals surface area contributed by atoms with Crippen molar-refractivity contribution in [2.24, 2.45) is 0 Å². The second-order valence-electron chi connectivity index (χ2n) is 26.8. The van der Waals surface area contributed by atoms with Crippen LogP contribution in [0.25, 0.3) is 64.9 Å². The Bertz CT molecular complexity index is 4810. The molecule has 488 valence electrons. The van der Waals surface area contributed by atoms with Gasteiger partial charge >= 0.3 is 11.9 Å². The molecule has 0 spiro atoms. The Morgan fingerprint density at radius 2 is 0.602 bits per heavy atom. The van der Waals surface area contributed by atoms with Crippen LogP contribution in [0.2, 0.25) is 0 Å². The van der Waals surface area contributed by atoms with Gasteiger partial charge in [-0.1, -0.05) is 140 Å². The SMILES string of the molecule is CC(C)c1ccc(Oc2cc3c4c(cc(Oc5ccc(C(C)C)cc5)c5c6c(Oc7ccc(C(C)C)cc7)cc7c8c(cc(Oc9ccc(C(C)C)cc9)c(c2c45)c86)C(=O)N(C(Cc2cc4ccccc4[nH]2)C(=O)O)C7=O)C(=O)N(C(Cc2cc4ccccc4[nH]2)C(=O)O)C3=O)cc1. The van der Waals surface area contributed by atoms with Gasteiger partial charge in [-0.05, 0) is 154 Å². The summed E-state index contributed by atoms with van der Waals surface area (Å²) in [5.74, 6) is -4.49. The number of rotatable bonds is 20. The first kappa shape index (κ1) is 62.3. The molecule has 16 heteroatoms. The number of ether oxygens (including phenoxy) is 4. The molecule has 0 fully saturated rings. The molecule has 2 unspecified atom stereocenters. The molecule has 15 rings (SSSR count). The number of aromatic amines is 2. The van der Waals surface area contributed by atoms with Crippen LogP contribution in [0.5, 0.6) is 46.0 Å². The van der Waals surface area contributed by atoms with Crippen LogP contribution in [0.4, 0.5) is 0 Å². The minimum atomic E-state index is -1.74. The number of H-pyrrole nitrogens is 2. The monoisotopic (exact) mass is 1300 g/mol. The van der Waals surface area contributed by atoms with E-state index in [0.29, 0.717) is 34.4 Å². The molecule has 98 heavy (non-hydrogen) atoms. The van der Waals surface area contributed by atoms with Crippen molar-refractivity contribution in [2.75, 3.05) is 0 Å². The van der Waals surface area contributed by atoms with Crippen molar-refractivity contribution in [2.45, 2.75) is 104 Å². The van der Waals surface area contributed by atoms with E-state index >= 15 is 19.2 Å². The average Bonchev–Trinajstić information content (AvgIpc) is 0.771. The van der Waals surface area contributed by atoms with Gasteiger partial charge in [-0.2, -0.15) is 0 Å². The summed E-state index contributed by atoms with van der Waals surface area (Å²) in [6, 6.07) is 51.0. The van der Waals surface area contributed by atoms with E-state index in [-0.39, 0.29) is 125 Å². The molecule has 0 bridgehead atoms. The molecule has 0 saturated heterocycles. The van der Waals surface area contributed by atoms with E-state index in [1.165, 1.54) is 24.3 Å². The maximum absolute atomic E-state index is 16.1. The van der Waals surface area contributed by atoms with Crippen LogP contribution in [0.1, 0.15) is 154 Å². The number of amides is 4. The molecule has 2 aliphatic heterocycles. The number of aromatic nitrogens is 2. The molecule has 4 heterocycles. The summed E-state index contributed by atoms with van der Waals surface area (Å²) >= 11 is 0. The van der Waals surface area contributed by atoms with E-state index in [2.05, 4.69) is 65.4 Å². The van der Waals surface area contributed by atoms with Crippen molar-refractivity contribution in [1.29, 1.82) is 0 Å². The Balaban J connectivity index is 1.09. The smallest absolute Gasteiger partial charge is 0.327 e. The van der Waals surface area contributed by atoms with Crippen molar-refractivity contribution in [3.63, 3.8) is 0 Å². The van der Waals surface area contributed by atoms with Crippen LogP contribution in [0, 0.1) is 0 Å². The summed E-state index contributed by atoms with van der Waals surface area (Å²) in [5.41, 5.74) is 6.15. The van der Waals surface area contributed by atoms with E-state index in [1.807, 2.05) is 97.1 Å². The Labute approximate surface area is 563 Å². The van der Waals surface area contributed by atoms with Gasteiger partial charge in [0.05, 0.1) is 22.3 Å². The normalized spacial score (nSPS) is 13.9. The third-order valence-corrected chi connectivity index (χ3v) is 19.3. The first-order valence-corrected chi connectivity index (χ1v) is 33.0. The van der Waals surface area contributed by atoms with Crippen molar-refractivity contribution in [3.05, 3.63) is 238 Å². The largest absolute Gasteiger partial charge is 0.480 e. The molecule has 16 nitrogen and oxygen atoms in total. The third-order valence-electron chi connectivity index (χ3n) is 19.3. The van der Waals surface area contributed by atoms with Gasteiger partial charge in [-0.25, -0.2) is 9.59 Å². The second kappa shape index (κ2) is 24.1. The number of nitrogens with zero attached hydrogens (tertiary/aromatic N) is 2. The lowest BCUT2D eigenvalue weighted by Gasteiger charge is -2.35. The highest BCUT2D eigenvalue weighted by Crippen LogP contribution is 2.58. The predicted molar refractivity (Wildman–Crippen MR) is 378 cm³/mol. The first-order valence-electron chi connectivity index (χ1n) is 33.0. The van der Waals surface area contributed by atoms with Gasteiger partial charge in [0, 0.05) is 78.4 Å². The average molecular weight is 1300 g/mol. The van der Waals surface area contributed by atoms with Gasteiger partial charge < -0.3 is 39.1 Å². The molecular formula is C82H68N4O12. The quantitative estimate of drug-likeness (QED) is 0.0318. The maximum Gasteiger partial charge on any atom is 0.327 e. The van der Waals surface area contributed by atoms with Crippen LogP contribution in [0.15, 0.2) is 182 Å². The Hall–Kier alpha value is -11.8. The lowest BCUT2D eigenvalue weighted by atomic mass is 9.80. The zero-order chi connectivity index (χ0) is 68.3. The minimum absolute atomic E-state index is 0.0399. The highest BCUT2D eigenvalue weighted by molar-refractivity contribution is 6.45. The third kappa shape index (κ3) is 10.6. The fraction of sp³-hybridized carbons (Fsp3) is 0.195. The van der Waals surface area contributed by atoms with Crippen molar-refractivity contribution < 1.29 is 57.9 Å². The standard InChI is InChI=1S/C82H68N4O12/c1-41(2)45-17-25-53(26-18-45)95-65-37-57-69-58(78(88)85(77(57)87)63(81(91)92)35-51-33-49-13-9-11-15-61(49)83-51)39-67(97-55-29-21-47(22-30-55)43(5)6)73-74-68(98-56-31-23-48(24-32-56)44(7)8)40-60-70-59(38-66(72(76(70)74)71(65)75(69)73)96-54-27-19-46(20-28-54)42(3)4)79(89)86(80(60)90)64(82(93)94)36-52-34-50-14-10-12-16-62(50)84-52/h9-34,37-44,63-64,83-84H,35-36H2,1-8H3,(H,91,92)(H,93,94). The number of carboxylic acids is 2. The molecule has 0 aliphatic carbocycles. The number of fused-ring (bicyclic) bond motifs is 4. The number of benzene rings is 11. The van der Waals surface area contributed by atoms with E-state index in [4.69, 9.17) is 18.9 Å². The summed E-state index contributed by atoms with van der Waals surface area (Å²) in [7, 11) is 0. The Kier molecular flexibility index (Phi) is 15.4. The molecule has 4 N–H and O–H groups in total. The van der Waals surface area contributed by atoms with Crippen LogP contribution in [-0.2, 0) is 22.4 Å². The van der Waals surface area contributed by atoms with Crippen LogP contribution in [0.3, 0.4) is 0 Å². The predicted octanol–water partition coefficient (Wildman–Crippen LogP) is 18.9. The Morgan fingerprint density at radius 3 is 0.837 bits per heavy atom. The highest BCUT2D eigenvalue weighted by atomic mass is 16.5. The molecule has 4 amide bonds. The van der Waals surface area contributed by atoms with Crippen LogP contribution in [-0.4, -0.2) is 77.6 Å². The first-order chi connectivity index (χ1) is 47.2. The zero-order valence-corrected chi connectivity index (χ0v) is 55.1. The number of carbonyl (C=O) groups is 6. The molecule has 2 atom stereocenters. The minimum Gasteiger partial charge on any atom is -0.480 e. The van der Waals surface area contributed by atoms with E-state index in [9.17, 15) is 19.8 Å². The summed E-state index contributed by atoms with van der Waals surface area (Å²) in [6.45, 7) is 16.5. The number of imide groups is 2. The Morgan fingerprint density at radius 1 is 0.347 bits per heavy atom. The number of nitrogens with one attached hydrogen (secondary N) is 2. The van der Waals surface area contributed by atoms with Crippen LogP contribution < -0.4 is 18.9 Å². The molecule has 0 radical (unpaired) electrons. The van der Waals surface area contributed by atoms with Gasteiger partial charge in [-0.3, -0.25) is 29.0 Å². The molecule has 0 saturated carbocycles. The van der Waals surface area contributed by atoms with Gasteiger partial charge in [0.15, 0.2) is 0 Å². The van der Waals surface area contributed by atoms with E-state index in [1.54, 1.807) is 60.7 Å². The highest BCUT2D eigenvalue weighted by Gasteiger charge is 2.47. The van der Waals surface area contributed by atoms with Gasteiger partial charge in [-0.15, -0.1) is 0 Å². The van der Waals surface area contributed by atoms with Crippen molar-refractivity contribution in [1.82, 2.24) is 19.8 Å². The fourth-order valence-corrected chi connectivity index (χ4v) is 14.1. The van der Waals surface area contributed by atoms with E-state index < -0.39 is 47.7 Å². The number of carbonyl (C=O) groups excluding carboxylic acids is 4. The summed E-state index contributed by atoms with van der Waals surface area (Å²) in [5, 5.41) is 26.0. The zero-order valence-electron chi connectivity index (χ0n) is 55.1. The fourth-order valence-electron chi connectivity index (χ4n) is 14.1. The van der Waals surface area contributed by atoms with E-state index in [0.717, 1.165) is 53.9 Å². The number of aliphatic carboxylic acids is 2. The molecule has 13 aromatic rings. The summed E-state index contributed by atoms with van der Waals surface area (Å²) in [4.78, 5) is 101. The molecule has 11 aromatic carbocycles. The number of para-hydroxylation sites is 2. The number of carboxylic acid groups (broad SMARTS) is 2. The van der Waals surface area contributed by atoms with Crippen molar-refractivity contribution in [3.8, 4) is 46.0 Å². The van der Waals surface area contributed by atoms with Crippen LogP contribution >= 0.6 is 0 Å². The number of hydrogen-bond acceptors (Lipinski definition) is 10. The van der Waals surface area contributed by atoms with Gasteiger partial charge in [0.25, 0.3) is 23.6 Å². The topological polar surface area (TPSA) is 218 Å². The summed E-state index contributed by atoms with van der Waals surface area (Å²) < 4.78 is 28.8. The molecular weight excluding hydrogens is 1230 g/mol. The van der Waals surface area contributed by atoms with Gasteiger partial charge in [0.2, 0.25) is 0 Å². The maximum atomic E-state index is 16.1. The van der Waals surface area contributed by atoms with Crippen molar-refractivity contribution >= 4 is 100 Å². The van der Waals surface area contributed by atoms with Gasteiger partial charge in [0.1, 0.15) is 58.1 Å². The summed E-state index contributed by atoms with van der Waals surface area (Å²) in [6.07, 6.45) is -0.563. The lowest BCUT2D eigenvalue weighted by Crippen LogP contribution is -2.51.